The summed E-state index contributed by atoms with van der Waals surface area (Å²) in [4.78, 5) is 12.2. The first-order valence-corrected chi connectivity index (χ1v) is 9.95. The van der Waals surface area contributed by atoms with Crippen LogP contribution in [0.25, 0.3) is 0 Å². The maximum absolute atomic E-state index is 12.2. The van der Waals surface area contributed by atoms with Crippen molar-refractivity contribution < 1.29 is 13.2 Å². The van der Waals surface area contributed by atoms with Gasteiger partial charge in [0.25, 0.3) is 0 Å². The van der Waals surface area contributed by atoms with Gasteiger partial charge in [-0.2, -0.15) is 5.10 Å². The fourth-order valence-corrected chi connectivity index (χ4v) is 4.92. The fourth-order valence-electron chi connectivity index (χ4n) is 3.23. The first kappa shape index (κ1) is 14.2. The monoisotopic (exact) mass is 323 g/mol. The van der Waals surface area contributed by atoms with Crippen LogP contribution in [0, 0.1) is 5.92 Å². The highest BCUT2D eigenvalue weighted by Gasteiger charge is 2.35. The predicted octanol–water partition coefficient (Wildman–Crippen LogP) is 1.86. The number of aromatic nitrogens is 2. The number of rotatable bonds is 4. The number of amides is 1. The molecule has 7 heteroatoms. The van der Waals surface area contributed by atoms with Gasteiger partial charge in [-0.1, -0.05) is 6.42 Å². The van der Waals surface area contributed by atoms with E-state index in [0.717, 1.165) is 37.8 Å². The van der Waals surface area contributed by atoms with Crippen LogP contribution in [-0.4, -0.2) is 35.6 Å². The minimum Gasteiger partial charge on any atom is -0.311 e. The molecule has 1 N–H and O–H groups in total. The van der Waals surface area contributed by atoms with Gasteiger partial charge in [0, 0.05) is 17.9 Å². The van der Waals surface area contributed by atoms with E-state index >= 15 is 0 Å². The molecule has 0 bridgehead atoms. The Morgan fingerprint density at radius 1 is 1.23 bits per heavy atom. The van der Waals surface area contributed by atoms with E-state index in [-0.39, 0.29) is 29.4 Å². The minimum atomic E-state index is -2.97. The maximum atomic E-state index is 12.2. The van der Waals surface area contributed by atoms with Crippen LogP contribution in [0.5, 0.6) is 0 Å². The number of hydrogen-bond acceptors (Lipinski definition) is 4. The molecule has 120 valence electrons. The molecule has 2 heterocycles. The lowest BCUT2D eigenvalue weighted by atomic mass is 9.85. The minimum absolute atomic E-state index is 0.0515. The number of carbonyl (C=O) groups excluding carboxylic acids is 1. The molecule has 1 aliphatic heterocycles. The summed E-state index contributed by atoms with van der Waals surface area (Å²) in [5.41, 5.74) is 0.994. The lowest BCUT2D eigenvalue weighted by Gasteiger charge is -2.24. The van der Waals surface area contributed by atoms with E-state index in [1.54, 1.807) is 4.68 Å². The van der Waals surface area contributed by atoms with Gasteiger partial charge >= 0.3 is 0 Å². The Hall–Kier alpha value is -1.37. The number of carbonyl (C=O) groups is 1. The van der Waals surface area contributed by atoms with Crippen LogP contribution in [0.15, 0.2) is 6.07 Å². The number of nitrogens with zero attached hydrogens (tertiary/aromatic N) is 2. The second kappa shape index (κ2) is 5.08. The van der Waals surface area contributed by atoms with Crippen molar-refractivity contribution in [2.45, 2.75) is 50.5 Å². The van der Waals surface area contributed by atoms with E-state index in [1.807, 2.05) is 6.07 Å². The summed E-state index contributed by atoms with van der Waals surface area (Å²) in [6, 6.07) is 1.80. The zero-order valence-corrected chi connectivity index (χ0v) is 13.3. The van der Waals surface area contributed by atoms with Gasteiger partial charge in [0.05, 0.1) is 23.2 Å². The van der Waals surface area contributed by atoms with E-state index in [4.69, 9.17) is 0 Å². The molecule has 0 spiro atoms. The van der Waals surface area contributed by atoms with E-state index in [0.29, 0.717) is 18.2 Å². The van der Waals surface area contributed by atoms with Crippen LogP contribution in [0.1, 0.15) is 56.2 Å². The van der Waals surface area contributed by atoms with Crippen LogP contribution in [0.3, 0.4) is 0 Å². The molecule has 3 fully saturated rings. The number of sulfone groups is 1. The summed E-state index contributed by atoms with van der Waals surface area (Å²) in [7, 11) is -2.97. The van der Waals surface area contributed by atoms with Gasteiger partial charge in [0.2, 0.25) is 5.91 Å². The molecule has 1 aromatic rings. The van der Waals surface area contributed by atoms with E-state index < -0.39 is 9.84 Å². The van der Waals surface area contributed by atoms with Crippen LogP contribution < -0.4 is 5.32 Å². The van der Waals surface area contributed by atoms with Crippen molar-refractivity contribution in [3.05, 3.63) is 11.8 Å². The third-order valence-corrected chi connectivity index (χ3v) is 6.78. The average molecular weight is 323 g/mol. The molecule has 6 nitrogen and oxygen atoms in total. The molecule has 22 heavy (non-hydrogen) atoms. The smallest absolute Gasteiger partial charge is 0.228 e. The molecule has 3 aliphatic rings. The maximum Gasteiger partial charge on any atom is 0.228 e. The summed E-state index contributed by atoms with van der Waals surface area (Å²) in [6.07, 6.45) is 5.87. The molecular formula is C15H21N3O3S. The van der Waals surface area contributed by atoms with Crippen molar-refractivity contribution in [2.24, 2.45) is 5.92 Å². The van der Waals surface area contributed by atoms with Gasteiger partial charge < -0.3 is 5.32 Å². The lowest BCUT2D eigenvalue weighted by molar-refractivity contribution is -0.122. The topological polar surface area (TPSA) is 81.1 Å². The average Bonchev–Trinajstić information content (AvgIpc) is 3.06. The van der Waals surface area contributed by atoms with Crippen molar-refractivity contribution in [2.75, 3.05) is 16.8 Å². The Balaban J connectivity index is 1.59. The number of anilines is 1. The highest BCUT2D eigenvalue weighted by atomic mass is 32.2. The third-order valence-electron chi connectivity index (χ3n) is 5.03. The molecule has 0 aromatic carbocycles. The Labute approximate surface area is 130 Å². The van der Waals surface area contributed by atoms with Gasteiger partial charge in [-0.3, -0.25) is 4.79 Å². The van der Waals surface area contributed by atoms with Crippen molar-refractivity contribution in [1.29, 1.82) is 0 Å². The summed E-state index contributed by atoms with van der Waals surface area (Å²) >= 11 is 0. The normalized spacial score (nSPS) is 27.5. The van der Waals surface area contributed by atoms with Crippen LogP contribution in [-0.2, 0) is 14.6 Å². The third kappa shape index (κ3) is 2.66. The molecule has 2 aliphatic carbocycles. The highest BCUT2D eigenvalue weighted by Crippen LogP contribution is 2.41. The van der Waals surface area contributed by atoms with Gasteiger partial charge in [-0.05, 0) is 32.1 Å². The molecule has 1 amide bonds. The fraction of sp³-hybridized carbons (Fsp3) is 0.733. The Bertz CT molecular complexity index is 702. The summed E-state index contributed by atoms with van der Waals surface area (Å²) < 4.78 is 25.2. The van der Waals surface area contributed by atoms with Gasteiger partial charge in [0.1, 0.15) is 5.82 Å². The van der Waals surface area contributed by atoms with Gasteiger partial charge in [-0.25, -0.2) is 13.1 Å². The van der Waals surface area contributed by atoms with Gasteiger partial charge in [-0.15, -0.1) is 0 Å². The summed E-state index contributed by atoms with van der Waals surface area (Å²) in [5.74, 6) is 1.67. The van der Waals surface area contributed by atoms with Crippen molar-refractivity contribution in [3.63, 3.8) is 0 Å². The number of hydrogen-bond donors (Lipinski definition) is 1. The second-order valence-electron chi connectivity index (χ2n) is 6.85. The Morgan fingerprint density at radius 2 is 2.00 bits per heavy atom. The summed E-state index contributed by atoms with van der Waals surface area (Å²) in [6.45, 7) is 0. The van der Waals surface area contributed by atoms with E-state index in [2.05, 4.69) is 10.4 Å². The zero-order valence-electron chi connectivity index (χ0n) is 12.5. The molecule has 0 unspecified atom stereocenters. The van der Waals surface area contributed by atoms with Crippen LogP contribution in [0.2, 0.25) is 0 Å². The SMILES string of the molecule is O=C(Nc1cc(C2CC2)nn1[C@@H]1CCS(=O)(=O)C1)C1CCC1. The largest absolute Gasteiger partial charge is 0.311 e. The molecular weight excluding hydrogens is 302 g/mol. The standard InChI is InChI=1S/C15H21N3O3S/c19-15(11-2-1-3-11)16-14-8-13(10-4-5-10)17-18(14)12-6-7-22(20,21)9-12/h8,10-12H,1-7,9H2,(H,16,19)/t12-/m1/s1. The zero-order chi connectivity index (χ0) is 15.3. The first-order valence-electron chi connectivity index (χ1n) is 8.12. The molecule has 1 atom stereocenters. The molecule has 2 saturated carbocycles. The molecule has 4 rings (SSSR count). The van der Waals surface area contributed by atoms with Crippen molar-refractivity contribution in [1.82, 2.24) is 9.78 Å². The van der Waals surface area contributed by atoms with Crippen LogP contribution >= 0.6 is 0 Å². The molecule has 1 saturated heterocycles. The molecule has 0 radical (unpaired) electrons. The second-order valence-corrected chi connectivity index (χ2v) is 9.08. The van der Waals surface area contributed by atoms with Crippen molar-refractivity contribution in [3.8, 4) is 0 Å². The molecule has 1 aromatic heterocycles. The Kier molecular flexibility index (Phi) is 3.29. The quantitative estimate of drug-likeness (QED) is 0.917. The van der Waals surface area contributed by atoms with E-state index in [9.17, 15) is 13.2 Å². The van der Waals surface area contributed by atoms with Crippen LogP contribution in [0.4, 0.5) is 5.82 Å². The number of nitrogens with one attached hydrogen (secondary N) is 1. The lowest BCUT2D eigenvalue weighted by Crippen LogP contribution is -2.29. The first-order chi connectivity index (χ1) is 10.5. The highest BCUT2D eigenvalue weighted by molar-refractivity contribution is 7.91. The van der Waals surface area contributed by atoms with E-state index in [1.165, 1.54) is 0 Å². The Morgan fingerprint density at radius 3 is 2.55 bits per heavy atom. The summed E-state index contributed by atoms with van der Waals surface area (Å²) in [5, 5.41) is 7.60. The van der Waals surface area contributed by atoms with Gasteiger partial charge in [0.15, 0.2) is 9.84 Å². The predicted molar refractivity (Wildman–Crippen MR) is 82.5 cm³/mol. The van der Waals surface area contributed by atoms with Crippen molar-refractivity contribution >= 4 is 21.6 Å².